The smallest absolute Gasteiger partial charge is 0.161 e. The number of nitrogens with one attached hydrogen (secondary N) is 1. The molecule has 0 heterocycles. The third-order valence-corrected chi connectivity index (χ3v) is 2.82. The fourth-order valence-corrected chi connectivity index (χ4v) is 1.61. The molecular weight excluding hydrogens is 210 g/mol. The van der Waals surface area contributed by atoms with Crippen LogP contribution in [0.3, 0.4) is 0 Å². The van der Waals surface area contributed by atoms with Crippen molar-refractivity contribution in [2.24, 2.45) is 5.41 Å². The number of benzene rings is 1. The van der Waals surface area contributed by atoms with Crippen LogP contribution < -0.4 is 5.32 Å². The minimum absolute atomic E-state index is 0.115. The Morgan fingerprint density at radius 3 is 2.18 bits per heavy atom. The average Bonchev–Trinajstić information content (AvgIpc) is 2.17. The highest BCUT2D eigenvalue weighted by atomic mass is 16.1. The van der Waals surface area contributed by atoms with Gasteiger partial charge in [0.1, 0.15) is 0 Å². The monoisotopic (exact) mass is 233 g/mol. The van der Waals surface area contributed by atoms with Gasteiger partial charge in [0.05, 0.1) is 0 Å². The summed E-state index contributed by atoms with van der Waals surface area (Å²) in [6, 6.07) is 4.04. The fraction of sp³-hybridized carbons (Fsp3) is 0.533. The van der Waals surface area contributed by atoms with Crippen molar-refractivity contribution in [1.29, 1.82) is 0 Å². The van der Waals surface area contributed by atoms with Crippen LogP contribution in [0.4, 0.5) is 5.69 Å². The molecule has 2 nitrogen and oxygen atoms in total. The lowest BCUT2D eigenvalue weighted by Crippen LogP contribution is -2.20. The van der Waals surface area contributed by atoms with E-state index in [9.17, 15) is 4.79 Å². The van der Waals surface area contributed by atoms with Gasteiger partial charge in [-0.05, 0) is 49.4 Å². The highest BCUT2D eigenvalue weighted by Crippen LogP contribution is 2.23. The number of carbonyl (C=O) groups excluding carboxylic acids is 1. The molecule has 0 aliphatic rings. The summed E-state index contributed by atoms with van der Waals surface area (Å²) in [6.45, 7) is 13.1. The van der Waals surface area contributed by atoms with Crippen LogP contribution in [0.25, 0.3) is 0 Å². The molecule has 1 aromatic carbocycles. The van der Waals surface area contributed by atoms with Crippen LogP contribution in [0.1, 0.15) is 49.2 Å². The van der Waals surface area contributed by atoms with Crippen molar-refractivity contribution >= 4 is 11.5 Å². The highest BCUT2D eigenvalue weighted by Gasteiger charge is 2.13. The van der Waals surface area contributed by atoms with Crippen LogP contribution in [0, 0.1) is 19.3 Å². The summed E-state index contributed by atoms with van der Waals surface area (Å²) in [4.78, 5) is 11.6. The highest BCUT2D eigenvalue weighted by molar-refractivity contribution is 5.99. The molecule has 0 saturated heterocycles. The number of anilines is 1. The minimum atomic E-state index is 0.115. The van der Waals surface area contributed by atoms with Gasteiger partial charge in [0.25, 0.3) is 0 Å². The van der Waals surface area contributed by atoms with Crippen LogP contribution in [0.5, 0.6) is 0 Å². The Kier molecular flexibility index (Phi) is 3.97. The Labute approximate surface area is 104 Å². The summed E-state index contributed by atoms with van der Waals surface area (Å²) in [5.74, 6) is 0.115. The van der Waals surface area contributed by atoms with Crippen molar-refractivity contribution < 1.29 is 4.79 Å². The first-order chi connectivity index (χ1) is 7.70. The minimum Gasteiger partial charge on any atom is -0.384 e. The number of carbonyl (C=O) groups is 1. The summed E-state index contributed by atoms with van der Waals surface area (Å²) < 4.78 is 0. The Hall–Kier alpha value is -1.31. The van der Waals surface area contributed by atoms with Crippen LogP contribution >= 0.6 is 0 Å². The van der Waals surface area contributed by atoms with E-state index in [1.54, 1.807) is 6.92 Å². The topological polar surface area (TPSA) is 29.1 Å². The van der Waals surface area contributed by atoms with Crippen molar-refractivity contribution in [3.8, 4) is 0 Å². The van der Waals surface area contributed by atoms with E-state index in [-0.39, 0.29) is 11.2 Å². The second kappa shape index (κ2) is 4.91. The third-order valence-electron chi connectivity index (χ3n) is 2.82. The van der Waals surface area contributed by atoms with Crippen molar-refractivity contribution in [2.75, 3.05) is 11.9 Å². The molecule has 0 aliphatic carbocycles. The number of aryl methyl sites for hydroxylation is 2. The second-order valence-electron chi connectivity index (χ2n) is 5.95. The van der Waals surface area contributed by atoms with Gasteiger partial charge in [-0.25, -0.2) is 0 Å². The average molecular weight is 233 g/mol. The standard InChI is InChI=1S/C15H23NO/c1-10-7-13(12(3)17)14(8-11(10)2)16-9-15(4,5)6/h7-8,16H,9H2,1-6H3. The van der Waals surface area contributed by atoms with E-state index < -0.39 is 0 Å². The van der Waals surface area contributed by atoms with Crippen molar-refractivity contribution in [3.05, 3.63) is 28.8 Å². The van der Waals surface area contributed by atoms with E-state index in [4.69, 9.17) is 0 Å². The zero-order valence-electron chi connectivity index (χ0n) is 11.8. The summed E-state index contributed by atoms with van der Waals surface area (Å²) in [7, 11) is 0. The molecule has 0 bridgehead atoms. The molecule has 2 heteroatoms. The Morgan fingerprint density at radius 1 is 1.18 bits per heavy atom. The Morgan fingerprint density at radius 2 is 1.71 bits per heavy atom. The number of hydrogen-bond acceptors (Lipinski definition) is 2. The molecule has 1 rings (SSSR count). The first-order valence-electron chi connectivity index (χ1n) is 6.07. The van der Waals surface area contributed by atoms with Gasteiger partial charge in [0.2, 0.25) is 0 Å². The zero-order valence-corrected chi connectivity index (χ0v) is 11.8. The van der Waals surface area contributed by atoms with Crippen LogP contribution in [-0.2, 0) is 0 Å². The Balaban J connectivity index is 3.05. The number of rotatable bonds is 3. The summed E-state index contributed by atoms with van der Waals surface area (Å²) in [6.07, 6.45) is 0. The lowest BCUT2D eigenvalue weighted by molar-refractivity contribution is 0.101. The van der Waals surface area contributed by atoms with Gasteiger partial charge in [-0.2, -0.15) is 0 Å². The first kappa shape index (κ1) is 13.8. The SMILES string of the molecule is CC(=O)c1cc(C)c(C)cc1NCC(C)(C)C. The third kappa shape index (κ3) is 3.88. The van der Waals surface area contributed by atoms with Crippen molar-refractivity contribution in [3.63, 3.8) is 0 Å². The van der Waals surface area contributed by atoms with Crippen molar-refractivity contribution in [1.82, 2.24) is 0 Å². The van der Waals surface area contributed by atoms with Gasteiger partial charge in [0.15, 0.2) is 5.78 Å². The summed E-state index contributed by atoms with van der Waals surface area (Å²) in [5, 5.41) is 3.38. The molecule has 1 aromatic rings. The van der Waals surface area contributed by atoms with E-state index in [1.165, 1.54) is 5.56 Å². The fourth-order valence-electron chi connectivity index (χ4n) is 1.61. The van der Waals surface area contributed by atoms with Gasteiger partial charge >= 0.3 is 0 Å². The lowest BCUT2D eigenvalue weighted by atomic mass is 9.96. The van der Waals surface area contributed by atoms with Crippen LogP contribution in [0.15, 0.2) is 12.1 Å². The van der Waals surface area contributed by atoms with Crippen molar-refractivity contribution in [2.45, 2.75) is 41.5 Å². The molecule has 0 spiro atoms. The van der Waals surface area contributed by atoms with Crippen LogP contribution in [0.2, 0.25) is 0 Å². The van der Waals surface area contributed by atoms with E-state index in [0.717, 1.165) is 23.4 Å². The number of ketones is 1. The zero-order chi connectivity index (χ0) is 13.2. The molecule has 0 amide bonds. The maximum atomic E-state index is 11.6. The predicted molar refractivity (Wildman–Crippen MR) is 73.9 cm³/mol. The van der Waals surface area contributed by atoms with E-state index in [2.05, 4.69) is 39.1 Å². The normalized spacial score (nSPS) is 11.4. The largest absolute Gasteiger partial charge is 0.384 e. The van der Waals surface area contributed by atoms with Gasteiger partial charge < -0.3 is 5.32 Å². The van der Waals surface area contributed by atoms with Gasteiger partial charge in [-0.15, -0.1) is 0 Å². The van der Waals surface area contributed by atoms with E-state index >= 15 is 0 Å². The maximum absolute atomic E-state index is 11.6. The molecule has 0 atom stereocenters. The molecule has 0 radical (unpaired) electrons. The molecule has 0 fully saturated rings. The summed E-state index contributed by atoms with van der Waals surface area (Å²) in [5.41, 5.74) is 4.32. The Bertz CT molecular complexity index is 427. The van der Waals surface area contributed by atoms with Gasteiger partial charge in [0, 0.05) is 17.8 Å². The first-order valence-corrected chi connectivity index (χ1v) is 6.07. The molecule has 0 unspecified atom stereocenters. The number of hydrogen-bond donors (Lipinski definition) is 1. The molecule has 17 heavy (non-hydrogen) atoms. The molecular formula is C15H23NO. The molecule has 0 aliphatic heterocycles. The van der Waals surface area contributed by atoms with Crippen LogP contribution in [-0.4, -0.2) is 12.3 Å². The number of Topliss-reactive ketones (excluding diaryl/α,β-unsaturated/α-hetero) is 1. The molecule has 94 valence electrons. The quantitative estimate of drug-likeness (QED) is 0.800. The molecule has 1 N–H and O–H groups in total. The second-order valence-corrected chi connectivity index (χ2v) is 5.95. The predicted octanol–water partition coefficient (Wildman–Crippen LogP) is 3.96. The molecule has 0 aromatic heterocycles. The summed E-state index contributed by atoms with van der Waals surface area (Å²) >= 11 is 0. The van der Waals surface area contributed by atoms with E-state index in [0.29, 0.717) is 0 Å². The molecule has 0 saturated carbocycles. The lowest BCUT2D eigenvalue weighted by Gasteiger charge is -2.21. The van der Waals surface area contributed by atoms with Gasteiger partial charge in [-0.1, -0.05) is 20.8 Å². The van der Waals surface area contributed by atoms with Gasteiger partial charge in [-0.3, -0.25) is 4.79 Å². The van der Waals surface area contributed by atoms with E-state index in [1.807, 2.05) is 13.0 Å². The maximum Gasteiger partial charge on any atom is 0.161 e.